The van der Waals surface area contributed by atoms with Crippen molar-refractivity contribution in [3.63, 3.8) is 0 Å². The van der Waals surface area contributed by atoms with E-state index in [0.29, 0.717) is 5.41 Å². The molecule has 2 N–H and O–H groups in total. The number of hydrogen-bond donors (Lipinski definition) is 2. The molecule has 5 nitrogen and oxygen atoms in total. The molecule has 1 spiro atoms. The summed E-state index contributed by atoms with van der Waals surface area (Å²) in [7, 11) is 2.02. The molecule has 0 bridgehead atoms. The zero-order valence-electron chi connectivity index (χ0n) is 20.4. The number of allylic oxidation sites excluding steroid dienone is 2. The van der Waals surface area contributed by atoms with Crippen LogP contribution in [0.15, 0.2) is 55.0 Å². The molecule has 1 saturated carbocycles. The molecule has 2 aromatic rings. The average Bonchev–Trinajstić information content (AvgIpc) is 3.30. The van der Waals surface area contributed by atoms with E-state index in [0.717, 1.165) is 59.3 Å². The van der Waals surface area contributed by atoms with Gasteiger partial charge in [-0.3, -0.25) is 9.58 Å². The average molecular weight is 446 g/mol. The lowest BCUT2D eigenvalue weighted by molar-refractivity contribution is 0.112. The van der Waals surface area contributed by atoms with Gasteiger partial charge in [0.25, 0.3) is 0 Å². The molecule has 3 heterocycles. The van der Waals surface area contributed by atoms with Gasteiger partial charge in [0.15, 0.2) is 0 Å². The fourth-order valence-electron chi connectivity index (χ4n) is 6.44. The van der Waals surface area contributed by atoms with Crippen molar-refractivity contribution >= 4 is 16.6 Å². The number of nitrogens with one attached hydrogen (secondary N) is 2. The summed E-state index contributed by atoms with van der Waals surface area (Å²) in [6.07, 6.45) is 8.96. The van der Waals surface area contributed by atoms with Gasteiger partial charge in [-0.2, -0.15) is 5.10 Å². The Bertz CT molecular complexity index is 1090. The molecule has 1 aliphatic carbocycles. The molecule has 3 aliphatic rings. The molecule has 2 aliphatic heterocycles. The van der Waals surface area contributed by atoms with Crippen LogP contribution in [-0.4, -0.2) is 34.3 Å². The number of benzene rings is 1. The minimum absolute atomic E-state index is 0.221. The summed E-state index contributed by atoms with van der Waals surface area (Å²) in [5, 5.41) is 13.0. The van der Waals surface area contributed by atoms with Crippen molar-refractivity contribution < 1.29 is 0 Å². The van der Waals surface area contributed by atoms with Crippen molar-refractivity contribution in [3.8, 4) is 0 Å². The molecule has 5 rings (SSSR count). The number of fused-ring (bicyclic) bond motifs is 1. The van der Waals surface area contributed by atoms with Crippen LogP contribution in [0.1, 0.15) is 63.5 Å². The predicted molar refractivity (Wildman–Crippen MR) is 138 cm³/mol. The Kier molecular flexibility index (Phi) is 5.86. The number of likely N-dealkylation sites (tertiary alicyclic amines) is 1. The number of hydrogen-bond acceptors (Lipinski definition) is 4. The molecule has 1 aromatic carbocycles. The topological polar surface area (TPSA) is 45.1 Å². The van der Waals surface area contributed by atoms with Gasteiger partial charge in [-0.15, -0.1) is 0 Å². The summed E-state index contributed by atoms with van der Waals surface area (Å²) in [6, 6.07) is 6.54. The molecule has 0 radical (unpaired) electrons. The molecule has 33 heavy (non-hydrogen) atoms. The lowest BCUT2D eigenvalue weighted by Crippen LogP contribution is -2.40. The first-order chi connectivity index (χ1) is 15.8. The standard InChI is InChI=1S/C28H39N5/c1-19-10-11-28(17-19)12-14-33(15-13-28)18-21(3)30-23-7-9-25-26(16-23)32(5)31-27(25)24-8-6-20(2)29-22(24)4/h7,9,16,19,24,29-30H,2-4,6,8,10-15,17-18H2,1,5H3. The largest absolute Gasteiger partial charge is 0.363 e. The van der Waals surface area contributed by atoms with Gasteiger partial charge in [0.1, 0.15) is 0 Å². The lowest BCUT2D eigenvalue weighted by atomic mass is 9.76. The van der Waals surface area contributed by atoms with Crippen LogP contribution in [0.4, 0.5) is 5.69 Å². The fraction of sp³-hybridized carbons (Fsp3) is 0.536. The van der Waals surface area contributed by atoms with Crippen molar-refractivity contribution in [1.29, 1.82) is 0 Å². The van der Waals surface area contributed by atoms with E-state index in [4.69, 9.17) is 5.10 Å². The second kappa shape index (κ2) is 8.68. The third-order valence-electron chi connectivity index (χ3n) is 8.30. The van der Waals surface area contributed by atoms with Crippen molar-refractivity contribution in [2.75, 3.05) is 25.0 Å². The molecule has 2 saturated heterocycles. The van der Waals surface area contributed by atoms with E-state index in [9.17, 15) is 0 Å². The van der Waals surface area contributed by atoms with Crippen LogP contribution in [0.3, 0.4) is 0 Å². The highest BCUT2D eigenvalue weighted by molar-refractivity contribution is 5.86. The van der Waals surface area contributed by atoms with E-state index in [2.05, 4.69) is 60.4 Å². The highest BCUT2D eigenvalue weighted by Gasteiger charge is 2.39. The van der Waals surface area contributed by atoms with Gasteiger partial charge in [0.2, 0.25) is 0 Å². The Morgan fingerprint density at radius 3 is 2.70 bits per heavy atom. The molecule has 1 aromatic heterocycles. The van der Waals surface area contributed by atoms with Gasteiger partial charge in [-0.05, 0) is 81.1 Å². The SMILES string of the molecule is C=C1CCC(c2nn(C)c3cc(NC(=C)CN4CCC5(CCC(C)C5)CC4)ccc23)C(=C)N1. The van der Waals surface area contributed by atoms with Crippen LogP contribution >= 0.6 is 0 Å². The van der Waals surface area contributed by atoms with E-state index in [1.54, 1.807) is 0 Å². The Labute approximate surface area is 198 Å². The number of aromatic nitrogens is 2. The number of nitrogens with zero attached hydrogens (tertiary/aromatic N) is 3. The predicted octanol–water partition coefficient (Wildman–Crippen LogP) is 5.90. The summed E-state index contributed by atoms with van der Waals surface area (Å²) < 4.78 is 1.99. The minimum Gasteiger partial charge on any atom is -0.363 e. The number of aryl methyl sites for hydroxylation is 1. The Balaban J connectivity index is 1.23. The third kappa shape index (κ3) is 4.48. The van der Waals surface area contributed by atoms with Crippen LogP contribution in [0.5, 0.6) is 0 Å². The molecule has 0 amide bonds. The van der Waals surface area contributed by atoms with Gasteiger partial charge < -0.3 is 10.6 Å². The molecule has 176 valence electrons. The summed E-state index contributed by atoms with van der Waals surface area (Å²) in [6.45, 7) is 18.3. The second-order valence-corrected chi connectivity index (χ2v) is 10.9. The minimum atomic E-state index is 0.221. The van der Waals surface area contributed by atoms with E-state index in [-0.39, 0.29) is 5.92 Å². The first kappa shape index (κ1) is 22.3. The zero-order valence-corrected chi connectivity index (χ0v) is 20.4. The van der Waals surface area contributed by atoms with Gasteiger partial charge >= 0.3 is 0 Å². The summed E-state index contributed by atoms with van der Waals surface area (Å²) in [4.78, 5) is 2.57. The van der Waals surface area contributed by atoms with E-state index >= 15 is 0 Å². The normalized spacial score (nSPS) is 25.5. The quantitative estimate of drug-likeness (QED) is 0.602. The molecule has 5 heteroatoms. The number of piperidine rings is 2. The summed E-state index contributed by atoms with van der Waals surface area (Å²) in [5.41, 5.74) is 7.06. The Hall–Kier alpha value is -2.53. The molecule has 2 unspecified atom stereocenters. The first-order valence-electron chi connectivity index (χ1n) is 12.6. The van der Waals surface area contributed by atoms with E-state index in [1.165, 1.54) is 50.6 Å². The molecular formula is C28H39N5. The van der Waals surface area contributed by atoms with Crippen molar-refractivity contribution in [1.82, 2.24) is 20.0 Å². The number of rotatable bonds is 5. The van der Waals surface area contributed by atoms with Crippen molar-refractivity contribution in [3.05, 3.63) is 60.7 Å². The molecule has 2 atom stereocenters. The Morgan fingerprint density at radius 1 is 1.21 bits per heavy atom. The first-order valence-corrected chi connectivity index (χ1v) is 12.6. The van der Waals surface area contributed by atoms with Gasteiger partial charge in [-0.25, -0.2) is 0 Å². The van der Waals surface area contributed by atoms with Gasteiger partial charge in [0, 0.05) is 47.7 Å². The maximum atomic E-state index is 4.87. The van der Waals surface area contributed by atoms with Crippen LogP contribution < -0.4 is 10.6 Å². The monoisotopic (exact) mass is 445 g/mol. The lowest BCUT2D eigenvalue weighted by Gasteiger charge is -2.40. The third-order valence-corrected chi connectivity index (χ3v) is 8.30. The van der Waals surface area contributed by atoms with Gasteiger partial charge in [0.05, 0.1) is 11.2 Å². The van der Waals surface area contributed by atoms with Crippen molar-refractivity contribution in [2.45, 2.75) is 57.8 Å². The van der Waals surface area contributed by atoms with E-state index < -0.39 is 0 Å². The number of anilines is 1. The highest BCUT2D eigenvalue weighted by atomic mass is 15.3. The second-order valence-electron chi connectivity index (χ2n) is 10.9. The van der Waals surface area contributed by atoms with Crippen LogP contribution in [0.2, 0.25) is 0 Å². The van der Waals surface area contributed by atoms with Gasteiger partial charge in [-0.1, -0.05) is 33.1 Å². The Morgan fingerprint density at radius 2 is 2.00 bits per heavy atom. The smallest absolute Gasteiger partial charge is 0.0792 e. The maximum absolute atomic E-state index is 4.87. The fourth-order valence-corrected chi connectivity index (χ4v) is 6.44. The van der Waals surface area contributed by atoms with Crippen LogP contribution in [-0.2, 0) is 7.05 Å². The highest BCUT2D eigenvalue weighted by Crippen LogP contribution is 2.48. The summed E-state index contributed by atoms with van der Waals surface area (Å²) >= 11 is 0. The molecular weight excluding hydrogens is 406 g/mol. The van der Waals surface area contributed by atoms with E-state index in [1.807, 2.05) is 11.7 Å². The summed E-state index contributed by atoms with van der Waals surface area (Å²) in [5.74, 6) is 1.14. The zero-order chi connectivity index (χ0) is 23.2. The van der Waals surface area contributed by atoms with Crippen LogP contribution in [0.25, 0.3) is 10.9 Å². The van der Waals surface area contributed by atoms with Crippen molar-refractivity contribution in [2.24, 2.45) is 18.4 Å². The molecule has 3 fully saturated rings. The van der Waals surface area contributed by atoms with Crippen LogP contribution in [0, 0.1) is 11.3 Å². The maximum Gasteiger partial charge on any atom is 0.0792 e.